The molecule has 1 aromatic carbocycles. The molecule has 1 aliphatic rings. The van der Waals surface area contributed by atoms with Crippen LogP contribution >= 0.6 is 0 Å². The summed E-state index contributed by atoms with van der Waals surface area (Å²) in [6, 6.07) is 5.30. The molecule has 162 valence electrons. The highest BCUT2D eigenvalue weighted by Gasteiger charge is 2.25. The zero-order chi connectivity index (χ0) is 21.6. The fraction of sp³-hybridized carbons (Fsp3) is 0.636. The highest BCUT2D eigenvalue weighted by molar-refractivity contribution is 5.97. The van der Waals surface area contributed by atoms with Crippen LogP contribution in [0.4, 0.5) is 0 Å². The van der Waals surface area contributed by atoms with E-state index in [1.165, 1.54) is 0 Å². The van der Waals surface area contributed by atoms with E-state index < -0.39 is 0 Å². The van der Waals surface area contributed by atoms with Gasteiger partial charge in [0.1, 0.15) is 17.6 Å². The fourth-order valence-corrected chi connectivity index (χ4v) is 3.71. The van der Waals surface area contributed by atoms with Crippen molar-refractivity contribution in [2.45, 2.75) is 39.7 Å². The summed E-state index contributed by atoms with van der Waals surface area (Å²) in [5.74, 6) is 1.08. The number of hydrogen-bond acceptors (Lipinski definition) is 5. The Labute approximate surface area is 174 Å². The maximum atomic E-state index is 12.9. The highest BCUT2D eigenvalue weighted by Crippen LogP contribution is 2.27. The summed E-state index contributed by atoms with van der Waals surface area (Å²) in [4.78, 5) is 28.4. The minimum atomic E-state index is -0.174. The van der Waals surface area contributed by atoms with Crippen LogP contribution in [0.25, 0.3) is 0 Å². The van der Waals surface area contributed by atoms with Crippen LogP contribution in [0.2, 0.25) is 0 Å². The number of nitrogens with zero attached hydrogens (tertiary/aromatic N) is 2. The van der Waals surface area contributed by atoms with E-state index in [0.29, 0.717) is 36.7 Å². The fourth-order valence-electron chi connectivity index (χ4n) is 3.71. The van der Waals surface area contributed by atoms with E-state index in [2.05, 4.69) is 24.1 Å². The number of nitrogens with one attached hydrogen (secondary N) is 1. The van der Waals surface area contributed by atoms with Gasteiger partial charge in [-0.3, -0.25) is 9.59 Å². The molecule has 7 nitrogen and oxygen atoms in total. The molecular weight excluding hydrogens is 370 g/mol. The smallest absolute Gasteiger partial charge is 0.255 e. The van der Waals surface area contributed by atoms with E-state index in [9.17, 15) is 9.59 Å². The third-order valence-electron chi connectivity index (χ3n) is 5.08. The van der Waals surface area contributed by atoms with E-state index in [0.717, 1.165) is 19.4 Å². The normalized spacial score (nSPS) is 15.3. The van der Waals surface area contributed by atoms with Gasteiger partial charge in [0.05, 0.1) is 12.7 Å². The summed E-state index contributed by atoms with van der Waals surface area (Å²) in [5.41, 5.74) is 0.414. The molecule has 29 heavy (non-hydrogen) atoms. The standard InChI is InChI=1S/C22H35N3O4/c1-16(26)25-11-9-17(10-12-25)29-20-8-7-18(28-6)13-19(20)21(27)23-14-22(2,3)15-24(4)5/h7-8,13,17H,9-12,14-15H2,1-6H3,(H,23,27). The Balaban J connectivity index is 2.08. The van der Waals surface area contributed by atoms with Crippen molar-refractivity contribution >= 4 is 11.8 Å². The zero-order valence-corrected chi connectivity index (χ0v) is 18.6. The van der Waals surface area contributed by atoms with Crippen molar-refractivity contribution in [2.24, 2.45) is 5.41 Å². The summed E-state index contributed by atoms with van der Waals surface area (Å²) in [6.07, 6.45) is 1.49. The molecule has 0 radical (unpaired) electrons. The van der Waals surface area contributed by atoms with Gasteiger partial charge in [-0.05, 0) is 37.7 Å². The number of methoxy groups -OCH3 is 1. The maximum Gasteiger partial charge on any atom is 0.255 e. The molecule has 1 saturated heterocycles. The Bertz CT molecular complexity index is 710. The molecule has 1 aromatic rings. The number of amides is 2. The predicted molar refractivity (Wildman–Crippen MR) is 114 cm³/mol. The van der Waals surface area contributed by atoms with Crippen LogP contribution < -0.4 is 14.8 Å². The number of ether oxygens (including phenoxy) is 2. The van der Waals surface area contributed by atoms with Gasteiger partial charge in [0.25, 0.3) is 5.91 Å². The molecule has 2 amide bonds. The van der Waals surface area contributed by atoms with E-state index in [1.54, 1.807) is 32.2 Å². The molecule has 2 rings (SSSR count). The largest absolute Gasteiger partial charge is 0.497 e. The van der Waals surface area contributed by atoms with Gasteiger partial charge in [0.2, 0.25) is 5.91 Å². The molecule has 0 atom stereocenters. The first-order valence-electron chi connectivity index (χ1n) is 10.1. The summed E-state index contributed by atoms with van der Waals surface area (Å²) < 4.78 is 11.5. The Kier molecular flexibility index (Phi) is 7.90. The average Bonchev–Trinajstić information content (AvgIpc) is 2.66. The zero-order valence-electron chi connectivity index (χ0n) is 18.6. The molecule has 1 aliphatic heterocycles. The molecule has 0 saturated carbocycles. The van der Waals surface area contributed by atoms with Crippen LogP contribution in [-0.4, -0.2) is 75.1 Å². The summed E-state index contributed by atoms with van der Waals surface area (Å²) in [7, 11) is 5.62. The predicted octanol–water partition coefficient (Wildman–Crippen LogP) is 2.40. The monoisotopic (exact) mass is 405 g/mol. The Morgan fingerprint density at radius 3 is 2.45 bits per heavy atom. The van der Waals surface area contributed by atoms with E-state index >= 15 is 0 Å². The minimum absolute atomic E-state index is 0.0178. The number of benzene rings is 1. The first-order chi connectivity index (χ1) is 13.6. The third-order valence-corrected chi connectivity index (χ3v) is 5.08. The number of rotatable bonds is 8. The summed E-state index contributed by atoms with van der Waals surface area (Å²) >= 11 is 0. The lowest BCUT2D eigenvalue weighted by Crippen LogP contribution is -2.41. The van der Waals surface area contributed by atoms with Crippen LogP contribution in [0.5, 0.6) is 11.5 Å². The van der Waals surface area contributed by atoms with Crippen molar-refractivity contribution in [3.05, 3.63) is 23.8 Å². The van der Waals surface area contributed by atoms with Gasteiger partial charge in [-0.2, -0.15) is 0 Å². The van der Waals surface area contributed by atoms with Crippen molar-refractivity contribution in [3.63, 3.8) is 0 Å². The second-order valence-electron chi connectivity index (χ2n) is 8.77. The van der Waals surface area contributed by atoms with Crippen molar-refractivity contribution in [1.29, 1.82) is 0 Å². The van der Waals surface area contributed by atoms with E-state index in [-0.39, 0.29) is 23.3 Å². The van der Waals surface area contributed by atoms with Crippen molar-refractivity contribution in [3.8, 4) is 11.5 Å². The second kappa shape index (κ2) is 9.96. The minimum Gasteiger partial charge on any atom is -0.497 e. The van der Waals surface area contributed by atoms with Crippen LogP contribution in [0.15, 0.2) is 18.2 Å². The molecule has 7 heteroatoms. The van der Waals surface area contributed by atoms with Gasteiger partial charge in [-0.15, -0.1) is 0 Å². The number of carbonyl (C=O) groups excluding carboxylic acids is 2. The first kappa shape index (κ1) is 23.0. The molecule has 0 aromatic heterocycles. The Morgan fingerprint density at radius 1 is 1.24 bits per heavy atom. The number of hydrogen-bond donors (Lipinski definition) is 1. The van der Waals surface area contributed by atoms with Crippen LogP contribution in [-0.2, 0) is 4.79 Å². The number of piperidine rings is 1. The lowest BCUT2D eigenvalue weighted by molar-refractivity contribution is -0.130. The van der Waals surface area contributed by atoms with Gasteiger partial charge in [0, 0.05) is 45.9 Å². The van der Waals surface area contributed by atoms with Gasteiger partial charge in [-0.25, -0.2) is 0 Å². The Hall–Kier alpha value is -2.28. The average molecular weight is 406 g/mol. The summed E-state index contributed by atoms with van der Waals surface area (Å²) in [6.45, 7) is 8.61. The Morgan fingerprint density at radius 2 is 1.90 bits per heavy atom. The molecule has 1 heterocycles. The van der Waals surface area contributed by atoms with Gasteiger partial charge >= 0.3 is 0 Å². The van der Waals surface area contributed by atoms with Crippen LogP contribution in [0.1, 0.15) is 44.0 Å². The highest BCUT2D eigenvalue weighted by atomic mass is 16.5. The topological polar surface area (TPSA) is 71.1 Å². The quantitative estimate of drug-likeness (QED) is 0.719. The van der Waals surface area contributed by atoms with E-state index in [4.69, 9.17) is 9.47 Å². The van der Waals surface area contributed by atoms with Crippen molar-refractivity contribution < 1.29 is 19.1 Å². The molecule has 1 fully saturated rings. The molecule has 0 spiro atoms. The van der Waals surface area contributed by atoms with Crippen molar-refractivity contribution in [1.82, 2.24) is 15.1 Å². The maximum absolute atomic E-state index is 12.9. The molecular formula is C22H35N3O4. The molecule has 0 bridgehead atoms. The van der Waals surface area contributed by atoms with Gasteiger partial charge < -0.3 is 24.6 Å². The third kappa shape index (κ3) is 6.92. The molecule has 1 N–H and O–H groups in total. The van der Waals surface area contributed by atoms with Crippen LogP contribution in [0, 0.1) is 5.41 Å². The number of carbonyl (C=O) groups is 2. The van der Waals surface area contributed by atoms with E-state index in [1.807, 2.05) is 19.0 Å². The van der Waals surface area contributed by atoms with Gasteiger partial charge in [0.15, 0.2) is 0 Å². The van der Waals surface area contributed by atoms with Crippen molar-refractivity contribution in [2.75, 3.05) is 47.4 Å². The SMILES string of the molecule is COc1ccc(OC2CCN(C(C)=O)CC2)c(C(=O)NCC(C)(C)CN(C)C)c1. The van der Waals surface area contributed by atoms with Gasteiger partial charge in [-0.1, -0.05) is 13.8 Å². The lowest BCUT2D eigenvalue weighted by Gasteiger charge is -2.32. The number of likely N-dealkylation sites (tertiary alicyclic amines) is 1. The second-order valence-corrected chi connectivity index (χ2v) is 8.77. The first-order valence-corrected chi connectivity index (χ1v) is 10.1. The lowest BCUT2D eigenvalue weighted by atomic mass is 9.93. The summed E-state index contributed by atoms with van der Waals surface area (Å²) in [5, 5.41) is 3.04. The molecule has 0 unspecified atom stereocenters. The molecule has 0 aliphatic carbocycles. The van der Waals surface area contributed by atoms with Crippen LogP contribution in [0.3, 0.4) is 0 Å².